The number of hydrogen-bond acceptors (Lipinski definition) is 5. The minimum absolute atomic E-state index is 0.568. The molecular formula is C11H20N2OS2. The molecule has 3 nitrogen and oxygen atoms in total. The fourth-order valence-electron chi connectivity index (χ4n) is 1.23. The lowest BCUT2D eigenvalue weighted by Gasteiger charge is -2.10. The average Bonchev–Trinajstić information content (AvgIpc) is 2.76. The van der Waals surface area contributed by atoms with Gasteiger partial charge in [-0.3, -0.25) is 0 Å². The summed E-state index contributed by atoms with van der Waals surface area (Å²) in [7, 11) is 0. The summed E-state index contributed by atoms with van der Waals surface area (Å²) in [5, 5.41) is 6.02. The molecule has 0 aromatic carbocycles. The van der Waals surface area contributed by atoms with E-state index in [1.54, 1.807) is 11.3 Å². The van der Waals surface area contributed by atoms with Crippen molar-refractivity contribution in [3.05, 3.63) is 11.6 Å². The summed E-state index contributed by atoms with van der Waals surface area (Å²) in [6.45, 7) is 7.98. The van der Waals surface area contributed by atoms with Crippen LogP contribution >= 0.6 is 23.1 Å². The van der Waals surface area contributed by atoms with Crippen LogP contribution in [0, 0.1) is 0 Å². The molecule has 0 aliphatic heterocycles. The highest BCUT2D eigenvalue weighted by molar-refractivity contribution is 8.01. The first-order valence-electron chi connectivity index (χ1n) is 5.67. The molecule has 0 bridgehead atoms. The smallest absolute Gasteiger partial charge is 0.150 e. The highest BCUT2D eigenvalue weighted by Gasteiger charge is 2.05. The Hall–Kier alpha value is -0.100. The molecule has 92 valence electrons. The van der Waals surface area contributed by atoms with Gasteiger partial charge in [-0.15, -0.1) is 11.3 Å². The van der Waals surface area contributed by atoms with Crippen molar-refractivity contribution >= 4 is 23.1 Å². The van der Waals surface area contributed by atoms with Crippen LogP contribution in [0.1, 0.15) is 20.3 Å². The quantitative estimate of drug-likeness (QED) is 0.547. The molecule has 0 aliphatic rings. The molecule has 0 fully saturated rings. The molecule has 0 saturated heterocycles. The van der Waals surface area contributed by atoms with Crippen molar-refractivity contribution in [2.24, 2.45) is 0 Å². The Morgan fingerprint density at radius 1 is 1.62 bits per heavy atom. The van der Waals surface area contributed by atoms with Crippen LogP contribution in [0.5, 0.6) is 0 Å². The lowest BCUT2D eigenvalue weighted by molar-refractivity contribution is 0.145. The molecule has 1 unspecified atom stereocenters. The van der Waals surface area contributed by atoms with Gasteiger partial charge >= 0.3 is 0 Å². The Balaban J connectivity index is 1.96. The van der Waals surface area contributed by atoms with E-state index < -0.39 is 0 Å². The maximum absolute atomic E-state index is 5.27. The largest absolute Gasteiger partial charge is 0.382 e. The summed E-state index contributed by atoms with van der Waals surface area (Å²) >= 11 is 3.54. The normalized spacial score (nSPS) is 12.9. The van der Waals surface area contributed by atoms with Gasteiger partial charge in [0.05, 0.1) is 0 Å². The molecule has 1 N–H and O–H groups in total. The highest BCUT2D eigenvalue weighted by atomic mass is 32.2. The Bertz CT molecular complexity index is 254. The van der Waals surface area contributed by atoms with Crippen LogP contribution in [0.2, 0.25) is 0 Å². The molecule has 1 aromatic rings. The number of thioether (sulfide) groups is 1. The first-order chi connectivity index (χ1) is 7.83. The van der Waals surface area contributed by atoms with Crippen LogP contribution in [0.3, 0.4) is 0 Å². The fourth-order valence-corrected chi connectivity index (χ4v) is 3.14. The van der Waals surface area contributed by atoms with Gasteiger partial charge in [-0.25, -0.2) is 4.98 Å². The predicted molar refractivity (Wildman–Crippen MR) is 71.4 cm³/mol. The molecule has 0 saturated carbocycles. The topological polar surface area (TPSA) is 34.1 Å². The minimum atomic E-state index is 0.568. The molecule has 0 radical (unpaired) electrons. The molecule has 0 spiro atoms. The standard InChI is InChI=1S/C11H20N2OS2/c1-3-14-7-4-5-12-9-10(2)16-11-13-6-8-15-11/h6,8,10,12H,3-5,7,9H2,1-2H3. The maximum Gasteiger partial charge on any atom is 0.150 e. The average molecular weight is 260 g/mol. The summed E-state index contributed by atoms with van der Waals surface area (Å²) in [4.78, 5) is 4.26. The SMILES string of the molecule is CCOCCCNCC(C)Sc1nccs1. The third-order valence-corrected chi connectivity index (χ3v) is 4.01. The van der Waals surface area contributed by atoms with E-state index in [9.17, 15) is 0 Å². The van der Waals surface area contributed by atoms with E-state index in [-0.39, 0.29) is 0 Å². The fraction of sp³-hybridized carbons (Fsp3) is 0.727. The van der Waals surface area contributed by atoms with Gasteiger partial charge in [-0.2, -0.15) is 0 Å². The number of ether oxygens (including phenoxy) is 1. The van der Waals surface area contributed by atoms with Gasteiger partial charge in [0, 0.05) is 36.6 Å². The van der Waals surface area contributed by atoms with Crippen LogP contribution in [0.4, 0.5) is 0 Å². The van der Waals surface area contributed by atoms with Crippen LogP contribution < -0.4 is 5.32 Å². The van der Waals surface area contributed by atoms with E-state index >= 15 is 0 Å². The van der Waals surface area contributed by atoms with Gasteiger partial charge < -0.3 is 10.1 Å². The van der Waals surface area contributed by atoms with E-state index in [1.165, 1.54) is 0 Å². The number of nitrogens with zero attached hydrogens (tertiary/aromatic N) is 1. The second-order valence-electron chi connectivity index (χ2n) is 3.48. The number of hydrogen-bond donors (Lipinski definition) is 1. The molecule has 0 aliphatic carbocycles. The zero-order chi connectivity index (χ0) is 11.6. The second kappa shape index (κ2) is 8.98. The highest BCUT2D eigenvalue weighted by Crippen LogP contribution is 2.24. The molecule has 16 heavy (non-hydrogen) atoms. The van der Waals surface area contributed by atoms with Crippen molar-refractivity contribution in [1.29, 1.82) is 0 Å². The lowest BCUT2D eigenvalue weighted by Crippen LogP contribution is -2.24. The number of nitrogens with one attached hydrogen (secondary N) is 1. The van der Waals surface area contributed by atoms with Gasteiger partial charge in [0.25, 0.3) is 0 Å². The van der Waals surface area contributed by atoms with E-state index in [0.717, 1.165) is 37.1 Å². The van der Waals surface area contributed by atoms with E-state index in [2.05, 4.69) is 17.2 Å². The van der Waals surface area contributed by atoms with Crippen molar-refractivity contribution in [2.75, 3.05) is 26.3 Å². The second-order valence-corrected chi connectivity index (χ2v) is 6.06. The van der Waals surface area contributed by atoms with E-state index in [4.69, 9.17) is 4.74 Å². The van der Waals surface area contributed by atoms with Crippen LogP contribution in [-0.4, -0.2) is 36.5 Å². The maximum atomic E-state index is 5.27. The van der Waals surface area contributed by atoms with Crippen molar-refractivity contribution in [3.63, 3.8) is 0 Å². The van der Waals surface area contributed by atoms with E-state index in [0.29, 0.717) is 5.25 Å². The Labute approximate surface area is 106 Å². The first kappa shape index (κ1) is 14.0. The Morgan fingerprint density at radius 3 is 3.19 bits per heavy atom. The number of rotatable bonds is 9. The molecule has 1 aromatic heterocycles. The van der Waals surface area contributed by atoms with Gasteiger partial charge in [0.15, 0.2) is 0 Å². The summed E-state index contributed by atoms with van der Waals surface area (Å²) in [5.41, 5.74) is 0. The molecule has 1 rings (SSSR count). The van der Waals surface area contributed by atoms with Gasteiger partial charge in [-0.05, 0) is 19.9 Å². The summed E-state index contributed by atoms with van der Waals surface area (Å²) in [6.07, 6.45) is 2.94. The van der Waals surface area contributed by atoms with Crippen molar-refractivity contribution in [1.82, 2.24) is 10.3 Å². The molecule has 1 heterocycles. The summed E-state index contributed by atoms with van der Waals surface area (Å²) in [6, 6.07) is 0. The zero-order valence-electron chi connectivity index (χ0n) is 9.94. The molecule has 0 amide bonds. The Morgan fingerprint density at radius 2 is 2.50 bits per heavy atom. The lowest BCUT2D eigenvalue weighted by atomic mass is 10.4. The van der Waals surface area contributed by atoms with Gasteiger partial charge in [0.2, 0.25) is 0 Å². The Kier molecular flexibility index (Phi) is 7.84. The molecule has 1 atom stereocenters. The number of aromatic nitrogens is 1. The number of thiazole rings is 1. The third-order valence-electron chi connectivity index (χ3n) is 1.99. The van der Waals surface area contributed by atoms with Gasteiger partial charge in [0.1, 0.15) is 4.34 Å². The van der Waals surface area contributed by atoms with Crippen LogP contribution in [-0.2, 0) is 4.74 Å². The van der Waals surface area contributed by atoms with Crippen LogP contribution in [0.15, 0.2) is 15.9 Å². The van der Waals surface area contributed by atoms with E-state index in [1.807, 2.05) is 30.3 Å². The third kappa shape index (κ3) is 6.48. The summed E-state index contributed by atoms with van der Waals surface area (Å²) < 4.78 is 6.43. The van der Waals surface area contributed by atoms with Crippen molar-refractivity contribution < 1.29 is 4.74 Å². The van der Waals surface area contributed by atoms with Crippen molar-refractivity contribution in [2.45, 2.75) is 29.9 Å². The predicted octanol–water partition coefficient (Wildman–Crippen LogP) is 2.64. The zero-order valence-corrected chi connectivity index (χ0v) is 11.6. The minimum Gasteiger partial charge on any atom is -0.382 e. The molecule has 5 heteroatoms. The van der Waals surface area contributed by atoms with Crippen LogP contribution in [0.25, 0.3) is 0 Å². The first-order valence-corrected chi connectivity index (χ1v) is 7.43. The summed E-state index contributed by atoms with van der Waals surface area (Å²) in [5.74, 6) is 0. The molecular weight excluding hydrogens is 240 g/mol. The monoisotopic (exact) mass is 260 g/mol. The van der Waals surface area contributed by atoms with Gasteiger partial charge in [-0.1, -0.05) is 18.7 Å². The van der Waals surface area contributed by atoms with Crippen molar-refractivity contribution in [3.8, 4) is 0 Å².